The van der Waals surface area contributed by atoms with Gasteiger partial charge < -0.3 is 10.6 Å². The molecule has 0 spiro atoms. The molecule has 2 aromatic rings. The standard InChI is InChI=1S/C17H11FN4O/c18-16-10(6-19)4-5-13(17(21)23)15(16)12-3-1-2-11-7-22(9-20)8-14(11)12/h1-5H,7-8H2,(H2,21,23). The maximum absolute atomic E-state index is 14.7. The molecule has 3 rings (SSSR count). The van der Waals surface area contributed by atoms with E-state index in [1.54, 1.807) is 18.2 Å². The first-order valence-electron chi connectivity index (χ1n) is 6.85. The summed E-state index contributed by atoms with van der Waals surface area (Å²) >= 11 is 0. The zero-order valence-electron chi connectivity index (χ0n) is 12.0. The highest BCUT2D eigenvalue weighted by molar-refractivity contribution is 6.00. The van der Waals surface area contributed by atoms with Crippen LogP contribution < -0.4 is 5.73 Å². The average Bonchev–Trinajstić information content (AvgIpc) is 2.97. The summed E-state index contributed by atoms with van der Waals surface area (Å²) in [5.41, 5.74) is 7.39. The summed E-state index contributed by atoms with van der Waals surface area (Å²) in [4.78, 5) is 13.2. The highest BCUT2D eigenvalue weighted by atomic mass is 19.1. The second kappa shape index (κ2) is 5.43. The van der Waals surface area contributed by atoms with Gasteiger partial charge in [-0.15, -0.1) is 0 Å². The van der Waals surface area contributed by atoms with Gasteiger partial charge in [0.1, 0.15) is 11.9 Å². The van der Waals surface area contributed by atoms with Crippen LogP contribution in [0.1, 0.15) is 27.0 Å². The molecule has 0 saturated heterocycles. The number of carbonyl (C=O) groups is 1. The molecule has 0 saturated carbocycles. The van der Waals surface area contributed by atoms with E-state index in [4.69, 9.17) is 16.3 Å². The number of fused-ring (bicyclic) bond motifs is 1. The highest BCUT2D eigenvalue weighted by Gasteiger charge is 2.26. The molecule has 0 fully saturated rings. The lowest BCUT2D eigenvalue weighted by Crippen LogP contribution is -2.14. The zero-order valence-corrected chi connectivity index (χ0v) is 12.0. The topological polar surface area (TPSA) is 93.9 Å². The van der Waals surface area contributed by atoms with Crippen molar-refractivity contribution in [3.05, 3.63) is 58.4 Å². The number of nitrogens with zero attached hydrogens (tertiary/aromatic N) is 3. The summed E-state index contributed by atoms with van der Waals surface area (Å²) < 4.78 is 14.7. The molecule has 0 aromatic heterocycles. The zero-order chi connectivity index (χ0) is 16.6. The van der Waals surface area contributed by atoms with Crippen molar-refractivity contribution in [1.29, 1.82) is 10.5 Å². The van der Waals surface area contributed by atoms with Crippen molar-refractivity contribution in [2.75, 3.05) is 0 Å². The Kier molecular flexibility index (Phi) is 3.44. The normalized spacial score (nSPS) is 12.4. The van der Waals surface area contributed by atoms with E-state index < -0.39 is 11.7 Å². The number of hydrogen-bond donors (Lipinski definition) is 1. The molecule has 0 aliphatic carbocycles. The molecule has 2 aromatic carbocycles. The fraction of sp³-hybridized carbons (Fsp3) is 0.118. The Bertz CT molecular complexity index is 908. The van der Waals surface area contributed by atoms with Crippen molar-refractivity contribution in [3.63, 3.8) is 0 Å². The molecule has 6 heteroatoms. The first kappa shape index (κ1) is 14.6. The SMILES string of the molecule is N#Cc1ccc(C(N)=O)c(-c2cccc3c2CN(C#N)C3)c1F. The van der Waals surface area contributed by atoms with Crippen molar-refractivity contribution >= 4 is 5.91 Å². The molecule has 0 unspecified atom stereocenters. The third-order valence-corrected chi connectivity index (χ3v) is 3.92. The quantitative estimate of drug-likeness (QED) is 0.861. The number of nitriles is 2. The molecule has 1 aliphatic heterocycles. The van der Waals surface area contributed by atoms with Crippen LogP contribution in [0.2, 0.25) is 0 Å². The Hall–Kier alpha value is -3.38. The molecule has 1 heterocycles. The number of carbonyl (C=O) groups excluding carboxylic acids is 1. The highest BCUT2D eigenvalue weighted by Crippen LogP contribution is 2.36. The van der Waals surface area contributed by atoms with Gasteiger partial charge in [0.2, 0.25) is 5.91 Å². The minimum absolute atomic E-state index is 0.0188. The third kappa shape index (κ3) is 2.27. The lowest BCUT2D eigenvalue weighted by atomic mass is 9.91. The summed E-state index contributed by atoms with van der Waals surface area (Å²) in [5, 5.41) is 18.1. The Balaban J connectivity index is 2.30. The van der Waals surface area contributed by atoms with Gasteiger partial charge >= 0.3 is 0 Å². The Morgan fingerprint density at radius 2 is 2.00 bits per heavy atom. The van der Waals surface area contributed by atoms with E-state index in [0.717, 1.165) is 11.1 Å². The monoisotopic (exact) mass is 306 g/mol. The molecular formula is C17H11FN4O. The molecule has 1 amide bonds. The molecule has 23 heavy (non-hydrogen) atoms. The molecule has 5 nitrogen and oxygen atoms in total. The molecular weight excluding hydrogens is 295 g/mol. The van der Waals surface area contributed by atoms with Crippen molar-refractivity contribution in [2.24, 2.45) is 5.73 Å². The van der Waals surface area contributed by atoms with E-state index in [0.29, 0.717) is 18.7 Å². The second-order valence-corrected chi connectivity index (χ2v) is 5.23. The van der Waals surface area contributed by atoms with Crippen LogP contribution in [0.15, 0.2) is 30.3 Å². The van der Waals surface area contributed by atoms with Crippen molar-refractivity contribution in [1.82, 2.24) is 4.90 Å². The second-order valence-electron chi connectivity index (χ2n) is 5.23. The fourth-order valence-corrected chi connectivity index (χ4v) is 2.86. The van der Waals surface area contributed by atoms with Gasteiger partial charge in [-0.05, 0) is 28.8 Å². The van der Waals surface area contributed by atoms with Gasteiger partial charge in [-0.3, -0.25) is 4.79 Å². The van der Waals surface area contributed by atoms with E-state index in [9.17, 15) is 9.18 Å². The van der Waals surface area contributed by atoms with Crippen LogP contribution in [0, 0.1) is 28.6 Å². The van der Waals surface area contributed by atoms with E-state index in [2.05, 4.69) is 6.19 Å². The molecule has 0 bridgehead atoms. The summed E-state index contributed by atoms with van der Waals surface area (Å²) in [5.74, 6) is -1.54. The molecule has 0 radical (unpaired) electrons. The number of halogens is 1. The lowest BCUT2D eigenvalue weighted by Gasteiger charge is -2.13. The molecule has 2 N–H and O–H groups in total. The van der Waals surface area contributed by atoms with Gasteiger partial charge in [0.15, 0.2) is 6.19 Å². The first-order valence-corrected chi connectivity index (χ1v) is 6.85. The van der Waals surface area contributed by atoms with Gasteiger partial charge in [-0.1, -0.05) is 18.2 Å². The van der Waals surface area contributed by atoms with Gasteiger partial charge in [-0.25, -0.2) is 4.39 Å². The van der Waals surface area contributed by atoms with Crippen LogP contribution in [0.25, 0.3) is 11.1 Å². The van der Waals surface area contributed by atoms with Gasteiger partial charge in [0, 0.05) is 11.1 Å². The van der Waals surface area contributed by atoms with E-state index >= 15 is 0 Å². The predicted molar refractivity (Wildman–Crippen MR) is 79.9 cm³/mol. The third-order valence-electron chi connectivity index (χ3n) is 3.92. The van der Waals surface area contributed by atoms with Crippen LogP contribution in [0.3, 0.4) is 0 Å². The van der Waals surface area contributed by atoms with E-state index in [1.807, 2.05) is 6.07 Å². The molecule has 0 atom stereocenters. The number of amides is 1. The van der Waals surface area contributed by atoms with Crippen LogP contribution in [-0.2, 0) is 13.1 Å². The number of benzene rings is 2. The predicted octanol–water partition coefficient (Wildman–Crippen LogP) is 2.26. The minimum atomic E-state index is -0.771. The van der Waals surface area contributed by atoms with Gasteiger partial charge in [0.25, 0.3) is 0 Å². The maximum atomic E-state index is 14.7. The Morgan fingerprint density at radius 1 is 1.22 bits per heavy atom. The van der Waals surface area contributed by atoms with Crippen molar-refractivity contribution < 1.29 is 9.18 Å². The Labute approximate surface area is 132 Å². The number of nitrogens with two attached hydrogens (primary N) is 1. The molecule has 1 aliphatic rings. The number of hydrogen-bond acceptors (Lipinski definition) is 4. The van der Waals surface area contributed by atoms with E-state index in [-0.39, 0.29) is 16.7 Å². The summed E-state index contributed by atoms with van der Waals surface area (Å²) in [6.07, 6.45) is 2.06. The summed E-state index contributed by atoms with van der Waals surface area (Å²) in [6.45, 7) is 0.765. The smallest absolute Gasteiger partial charge is 0.249 e. The number of rotatable bonds is 2. The van der Waals surface area contributed by atoms with Gasteiger partial charge in [-0.2, -0.15) is 10.5 Å². The lowest BCUT2D eigenvalue weighted by molar-refractivity contribution is 0.100. The maximum Gasteiger partial charge on any atom is 0.249 e. The van der Waals surface area contributed by atoms with E-state index in [1.165, 1.54) is 17.0 Å². The van der Waals surface area contributed by atoms with Gasteiger partial charge in [0.05, 0.1) is 18.7 Å². The van der Waals surface area contributed by atoms with Crippen molar-refractivity contribution in [2.45, 2.75) is 13.1 Å². The average molecular weight is 306 g/mol. The van der Waals surface area contributed by atoms with Crippen molar-refractivity contribution in [3.8, 4) is 23.4 Å². The van der Waals surface area contributed by atoms with Crippen LogP contribution in [0.5, 0.6) is 0 Å². The number of primary amides is 1. The minimum Gasteiger partial charge on any atom is -0.366 e. The van der Waals surface area contributed by atoms with Crippen LogP contribution in [-0.4, -0.2) is 10.8 Å². The molecule has 112 valence electrons. The summed E-state index contributed by atoms with van der Waals surface area (Å²) in [6, 6.07) is 9.63. The first-order chi connectivity index (χ1) is 11.1. The Morgan fingerprint density at radius 3 is 2.65 bits per heavy atom. The van der Waals surface area contributed by atoms with Crippen LogP contribution in [0.4, 0.5) is 4.39 Å². The largest absolute Gasteiger partial charge is 0.366 e. The summed E-state index contributed by atoms with van der Waals surface area (Å²) in [7, 11) is 0. The fourth-order valence-electron chi connectivity index (χ4n) is 2.86. The van der Waals surface area contributed by atoms with Crippen LogP contribution >= 0.6 is 0 Å².